The molecule has 8 heteroatoms. The number of fused-ring (bicyclic) bond motifs is 1. The van der Waals surface area contributed by atoms with Crippen LogP contribution in [0.5, 0.6) is 5.75 Å². The normalized spacial score (nSPS) is 16.4. The summed E-state index contributed by atoms with van der Waals surface area (Å²) in [5.41, 5.74) is 0.619. The van der Waals surface area contributed by atoms with E-state index in [1.807, 2.05) is 18.5 Å². The van der Waals surface area contributed by atoms with E-state index in [0.717, 1.165) is 24.5 Å². The van der Waals surface area contributed by atoms with E-state index in [9.17, 15) is 4.79 Å². The summed E-state index contributed by atoms with van der Waals surface area (Å²) >= 11 is 6.13. The largest absolute Gasteiger partial charge is 0.492 e. The predicted molar refractivity (Wildman–Crippen MR) is 91.6 cm³/mol. The summed E-state index contributed by atoms with van der Waals surface area (Å²) in [5, 5.41) is 10.6. The Bertz CT molecular complexity index is 746. The molecule has 1 aliphatic heterocycles. The first kappa shape index (κ1) is 16.6. The van der Waals surface area contributed by atoms with Crippen LogP contribution in [0.3, 0.4) is 0 Å². The first-order chi connectivity index (χ1) is 11.5. The Kier molecular flexibility index (Phi) is 4.89. The van der Waals surface area contributed by atoms with Gasteiger partial charge in [-0.1, -0.05) is 11.6 Å². The third kappa shape index (κ3) is 3.79. The molecule has 2 heterocycles. The fourth-order valence-electron chi connectivity index (χ4n) is 2.76. The van der Waals surface area contributed by atoms with E-state index >= 15 is 0 Å². The Morgan fingerprint density at radius 3 is 3.08 bits per heavy atom. The molecule has 2 aromatic rings. The molecule has 1 aliphatic rings. The van der Waals surface area contributed by atoms with Crippen LogP contribution >= 0.6 is 11.6 Å². The number of aromatic nitrogens is 3. The lowest BCUT2D eigenvalue weighted by Gasteiger charge is -2.23. The van der Waals surface area contributed by atoms with Gasteiger partial charge in [-0.2, -0.15) is 5.10 Å². The summed E-state index contributed by atoms with van der Waals surface area (Å²) < 4.78 is 7.24. The average molecular weight is 350 g/mol. The molecule has 1 atom stereocenters. The van der Waals surface area contributed by atoms with Gasteiger partial charge in [0.15, 0.2) is 0 Å². The molecule has 1 aromatic carbocycles. The molecule has 0 bridgehead atoms. The lowest BCUT2D eigenvalue weighted by Crippen LogP contribution is -2.43. The number of aryl methyl sites for hydroxylation is 2. The second kappa shape index (κ2) is 7.09. The lowest BCUT2D eigenvalue weighted by atomic mass is 10.1. The first-order valence-electron chi connectivity index (χ1n) is 7.95. The monoisotopic (exact) mass is 349 g/mol. The van der Waals surface area contributed by atoms with Crippen LogP contribution in [-0.4, -0.2) is 33.4 Å². The van der Waals surface area contributed by atoms with Crippen molar-refractivity contribution in [3.8, 4) is 5.75 Å². The van der Waals surface area contributed by atoms with Gasteiger partial charge in [-0.05, 0) is 38.5 Å². The molecule has 0 aliphatic carbocycles. The van der Waals surface area contributed by atoms with Gasteiger partial charge in [0.25, 0.3) is 0 Å². The molecule has 2 N–H and O–H groups in total. The maximum atomic E-state index is 12.2. The second-order valence-electron chi connectivity index (χ2n) is 5.67. The van der Waals surface area contributed by atoms with Crippen molar-refractivity contribution in [2.75, 3.05) is 11.9 Å². The van der Waals surface area contributed by atoms with Crippen molar-refractivity contribution in [2.24, 2.45) is 0 Å². The van der Waals surface area contributed by atoms with E-state index in [1.54, 1.807) is 18.2 Å². The Hall–Kier alpha value is -2.28. The van der Waals surface area contributed by atoms with E-state index in [2.05, 4.69) is 20.7 Å². The van der Waals surface area contributed by atoms with Gasteiger partial charge >= 0.3 is 6.03 Å². The first-order valence-corrected chi connectivity index (χ1v) is 8.33. The minimum atomic E-state index is -0.263. The molecule has 1 aromatic heterocycles. The van der Waals surface area contributed by atoms with Crippen molar-refractivity contribution in [1.82, 2.24) is 20.1 Å². The molecule has 128 valence electrons. The van der Waals surface area contributed by atoms with Crippen LogP contribution in [0, 0.1) is 6.92 Å². The van der Waals surface area contributed by atoms with Gasteiger partial charge in [0.1, 0.15) is 17.4 Å². The number of anilines is 1. The molecule has 0 fully saturated rings. The number of ether oxygens (including phenoxy) is 1. The van der Waals surface area contributed by atoms with Crippen LogP contribution in [0.2, 0.25) is 5.02 Å². The van der Waals surface area contributed by atoms with E-state index in [-0.39, 0.29) is 12.1 Å². The number of carbonyl (C=O) groups is 1. The molecule has 24 heavy (non-hydrogen) atoms. The summed E-state index contributed by atoms with van der Waals surface area (Å²) in [6.45, 7) is 4.93. The maximum absolute atomic E-state index is 12.2. The molecule has 3 rings (SSSR count). The number of rotatable bonds is 4. The number of halogens is 1. The number of benzene rings is 1. The van der Waals surface area contributed by atoms with Gasteiger partial charge in [-0.15, -0.1) is 0 Å². The summed E-state index contributed by atoms with van der Waals surface area (Å²) in [6, 6.07) is 4.94. The lowest BCUT2D eigenvalue weighted by molar-refractivity contribution is 0.243. The maximum Gasteiger partial charge on any atom is 0.319 e. The highest BCUT2D eigenvalue weighted by Crippen LogP contribution is 2.27. The van der Waals surface area contributed by atoms with E-state index in [0.29, 0.717) is 29.6 Å². The van der Waals surface area contributed by atoms with Crippen molar-refractivity contribution < 1.29 is 9.53 Å². The van der Waals surface area contributed by atoms with Crippen molar-refractivity contribution in [3.63, 3.8) is 0 Å². The van der Waals surface area contributed by atoms with Gasteiger partial charge in [0, 0.05) is 12.1 Å². The third-order valence-electron chi connectivity index (χ3n) is 3.79. The number of urea groups is 1. The van der Waals surface area contributed by atoms with Crippen molar-refractivity contribution in [3.05, 3.63) is 34.9 Å². The molecular formula is C16H20ClN5O2. The summed E-state index contributed by atoms with van der Waals surface area (Å²) in [5.74, 6) is 2.34. The fourth-order valence-corrected chi connectivity index (χ4v) is 2.99. The van der Waals surface area contributed by atoms with Crippen molar-refractivity contribution in [2.45, 2.75) is 39.3 Å². The smallest absolute Gasteiger partial charge is 0.319 e. The van der Waals surface area contributed by atoms with E-state index < -0.39 is 0 Å². The van der Waals surface area contributed by atoms with Gasteiger partial charge in [0.05, 0.1) is 24.2 Å². The van der Waals surface area contributed by atoms with Gasteiger partial charge in [-0.3, -0.25) is 0 Å². The number of carbonyl (C=O) groups excluding carboxylic acids is 1. The fraction of sp³-hybridized carbons (Fsp3) is 0.438. The standard InChI is InChI=1S/C16H20ClN5O2/c1-3-24-14-6-4-11(8-13(14)17)19-16(23)20-12-5-7-15-18-10(2)21-22(15)9-12/h4,6,8,12H,3,5,7,9H2,1-2H3,(H2,19,20,23)/t12-/m1/s1. The zero-order valence-corrected chi connectivity index (χ0v) is 14.4. The number of nitrogens with one attached hydrogen (secondary N) is 2. The average Bonchev–Trinajstić information content (AvgIpc) is 2.89. The number of nitrogens with zero attached hydrogens (tertiary/aromatic N) is 3. The van der Waals surface area contributed by atoms with Crippen LogP contribution in [0.25, 0.3) is 0 Å². The second-order valence-corrected chi connectivity index (χ2v) is 6.08. The number of amides is 2. The van der Waals surface area contributed by atoms with Gasteiger partial charge in [0.2, 0.25) is 0 Å². The summed E-state index contributed by atoms with van der Waals surface area (Å²) in [7, 11) is 0. The van der Waals surface area contributed by atoms with Crippen molar-refractivity contribution in [1.29, 1.82) is 0 Å². The molecular weight excluding hydrogens is 330 g/mol. The zero-order valence-electron chi connectivity index (χ0n) is 13.7. The molecule has 0 saturated heterocycles. The number of hydrogen-bond acceptors (Lipinski definition) is 4. The van der Waals surface area contributed by atoms with Crippen LogP contribution in [-0.2, 0) is 13.0 Å². The van der Waals surface area contributed by atoms with Crippen LogP contribution in [0.15, 0.2) is 18.2 Å². The molecule has 2 amide bonds. The van der Waals surface area contributed by atoms with E-state index in [1.165, 1.54) is 0 Å². The predicted octanol–water partition coefficient (Wildman–Crippen LogP) is 2.78. The van der Waals surface area contributed by atoms with Crippen molar-refractivity contribution >= 4 is 23.3 Å². The molecule has 0 saturated carbocycles. The molecule has 7 nitrogen and oxygen atoms in total. The van der Waals surface area contributed by atoms with Gasteiger partial charge < -0.3 is 15.4 Å². The highest BCUT2D eigenvalue weighted by Gasteiger charge is 2.22. The van der Waals surface area contributed by atoms with Crippen LogP contribution in [0.4, 0.5) is 10.5 Å². The Labute approximate surface area is 145 Å². The minimum Gasteiger partial charge on any atom is -0.492 e. The van der Waals surface area contributed by atoms with Crippen LogP contribution < -0.4 is 15.4 Å². The SMILES string of the molecule is CCOc1ccc(NC(=O)N[C@@H]2CCc3nc(C)nn3C2)cc1Cl. The number of hydrogen-bond donors (Lipinski definition) is 2. The Morgan fingerprint density at radius 1 is 1.50 bits per heavy atom. The quantitative estimate of drug-likeness (QED) is 0.889. The molecule has 0 unspecified atom stereocenters. The topological polar surface area (TPSA) is 81.1 Å². The zero-order chi connectivity index (χ0) is 17.1. The summed E-state index contributed by atoms with van der Waals surface area (Å²) in [4.78, 5) is 16.5. The van der Waals surface area contributed by atoms with Gasteiger partial charge in [-0.25, -0.2) is 14.5 Å². The molecule has 0 spiro atoms. The summed E-state index contributed by atoms with van der Waals surface area (Å²) in [6.07, 6.45) is 1.65. The van der Waals surface area contributed by atoms with Crippen LogP contribution in [0.1, 0.15) is 25.0 Å². The molecule has 0 radical (unpaired) electrons. The Balaban J connectivity index is 1.57. The minimum absolute atomic E-state index is 0.0248. The highest BCUT2D eigenvalue weighted by molar-refractivity contribution is 6.32. The van der Waals surface area contributed by atoms with E-state index in [4.69, 9.17) is 16.3 Å². The Morgan fingerprint density at radius 2 is 2.33 bits per heavy atom. The third-order valence-corrected chi connectivity index (χ3v) is 4.08. The highest BCUT2D eigenvalue weighted by atomic mass is 35.5.